The Kier molecular flexibility index (Phi) is 6.72. The summed E-state index contributed by atoms with van der Waals surface area (Å²) >= 11 is 0. The number of sulfone groups is 1. The minimum Gasteiger partial charge on any atom is -0.384 e. The van der Waals surface area contributed by atoms with Crippen LogP contribution in [0.4, 0.5) is 5.82 Å². The molecule has 2 N–H and O–H groups in total. The van der Waals surface area contributed by atoms with Crippen LogP contribution in [-0.2, 0) is 27.5 Å². The fourth-order valence-electron chi connectivity index (χ4n) is 4.01. The Labute approximate surface area is 188 Å². The first kappa shape index (κ1) is 22.2. The number of hydrogen-bond acceptors (Lipinski definition) is 6. The van der Waals surface area contributed by atoms with Crippen molar-refractivity contribution in [2.45, 2.75) is 37.1 Å². The molecule has 8 heteroatoms. The van der Waals surface area contributed by atoms with Crippen molar-refractivity contribution in [1.29, 1.82) is 0 Å². The second-order valence-electron chi connectivity index (χ2n) is 7.83. The minimum absolute atomic E-state index is 0.151. The van der Waals surface area contributed by atoms with Gasteiger partial charge in [0.2, 0.25) is 0 Å². The van der Waals surface area contributed by atoms with E-state index >= 15 is 0 Å². The number of rotatable bonds is 10. The predicted octanol–water partition coefficient (Wildman–Crippen LogP) is 4.00. The van der Waals surface area contributed by atoms with E-state index < -0.39 is 9.84 Å². The molecule has 0 aliphatic rings. The Morgan fingerprint density at radius 2 is 1.72 bits per heavy atom. The highest BCUT2D eigenvalue weighted by molar-refractivity contribution is 7.91. The number of nitrogens with two attached hydrogens (primary N) is 1. The van der Waals surface area contributed by atoms with Gasteiger partial charge in [-0.15, -0.1) is 0 Å². The number of para-hydroxylation sites is 1. The van der Waals surface area contributed by atoms with Gasteiger partial charge in [-0.05, 0) is 31.0 Å². The molecule has 7 nitrogen and oxygen atoms in total. The highest BCUT2D eigenvalue weighted by atomic mass is 32.2. The molecular weight excluding hydrogens is 424 g/mol. The van der Waals surface area contributed by atoms with E-state index in [1.165, 1.54) is 0 Å². The lowest BCUT2D eigenvalue weighted by molar-refractivity contribution is 0.199. The molecule has 0 spiro atoms. The fraction of sp³-hybridized carbons (Fsp3) is 0.333. The topological polar surface area (TPSA) is 100 Å². The average Bonchev–Trinajstić information content (AvgIpc) is 3.17. The van der Waals surface area contributed by atoms with E-state index in [-0.39, 0.29) is 5.75 Å². The Balaban J connectivity index is 1.53. The number of methoxy groups -OCH3 is 1. The summed E-state index contributed by atoms with van der Waals surface area (Å²) in [6.45, 7) is 1.29. The van der Waals surface area contributed by atoms with Crippen LogP contribution in [-0.4, -0.2) is 42.4 Å². The number of aromatic nitrogens is 3. The van der Waals surface area contributed by atoms with Gasteiger partial charge in [0, 0.05) is 25.5 Å². The molecule has 32 heavy (non-hydrogen) atoms. The van der Waals surface area contributed by atoms with Gasteiger partial charge in [-0.3, -0.25) is 0 Å². The van der Waals surface area contributed by atoms with E-state index in [4.69, 9.17) is 15.5 Å². The lowest BCUT2D eigenvalue weighted by Gasteiger charge is -2.11. The third kappa shape index (κ3) is 4.61. The van der Waals surface area contributed by atoms with Crippen molar-refractivity contribution in [3.05, 3.63) is 60.4 Å². The molecule has 0 atom stereocenters. The van der Waals surface area contributed by atoms with E-state index in [0.29, 0.717) is 35.7 Å². The number of unbranched alkanes of at least 4 members (excludes halogenated alkanes) is 2. The standard InChI is InChI=1S/C24H28N4O3S/c1-31-16-14-21-27-22-23(19-12-6-7-13-20(19)26-24(22)25)28(21)15-8-3-9-17-32(29,30)18-10-4-2-5-11-18/h2,4-7,10-13H,3,8-9,14-17H2,1H3,(H2,25,26). The highest BCUT2D eigenvalue weighted by Gasteiger charge is 2.17. The molecule has 0 amide bonds. The number of nitrogens with zero attached hydrogens (tertiary/aromatic N) is 3. The summed E-state index contributed by atoms with van der Waals surface area (Å²) in [6, 6.07) is 16.5. The monoisotopic (exact) mass is 452 g/mol. The molecule has 0 aliphatic carbocycles. The van der Waals surface area contributed by atoms with Gasteiger partial charge in [-0.1, -0.05) is 42.8 Å². The molecule has 0 unspecified atom stereocenters. The number of hydrogen-bond donors (Lipinski definition) is 1. The maximum absolute atomic E-state index is 12.5. The van der Waals surface area contributed by atoms with Gasteiger partial charge in [-0.25, -0.2) is 18.4 Å². The Morgan fingerprint density at radius 3 is 2.50 bits per heavy atom. The molecule has 0 aliphatic heterocycles. The predicted molar refractivity (Wildman–Crippen MR) is 127 cm³/mol. The van der Waals surface area contributed by atoms with Gasteiger partial charge in [0.05, 0.1) is 28.3 Å². The number of pyridine rings is 1. The molecule has 168 valence electrons. The van der Waals surface area contributed by atoms with Crippen LogP contribution in [0.5, 0.6) is 0 Å². The molecule has 0 radical (unpaired) electrons. The Hall–Kier alpha value is -2.97. The molecule has 2 aromatic heterocycles. The zero-order chi connectivity index (χ0) is 22.6. The van der Waals surface area contributed by atoms with Crippen LogP contribution in [0.25, 0.3) is 21.9 Å². The summed E-state index contributed by atoms with van der Waals surface area (Å²) in [4.78, 5) is 9.67. The molecule has 2 aromatic carbocycles. The van der Waals surface area contributed by atoms with E-state index in [0.717, 1.165) is 41.6 Å². The molecule has 4 rings (SSSR count). The summed E-state index contributed by atoms with van der Waals surface area (Å²) in [5.74, 6) is 1.48. The van der Waals surface area contributed by atoms with Crippen molar-refractivity contribution >= 4 is 37.6 Å². The minimum atomic E-state index is -3.24. The van der Waals surface area contributed by atoms with E-state index in [2.05, 4.69) is 9.55 Å². The van der Waals surface area contributed by atoms with Crippen LogP contribution < -0.4 is 5.73 Å². The quantitative estimate of drug-likeness (QED) is 0.365. The maximum atomic E-state index is 12.5. The third-order valence-electron chi connectivity index (χ3n) is 5.62. The normalized spacial score (nSPS) is 12.0. The average molecular weight is 453 g/mol. The van der Waals surface area contributed by atoms with Crippen LogP contribution in [0.15, 0.2) is 59.5 Å². The van der Waals surface area contributed by atoms with Crippen LogP contribution in [0, 0.1) is 0 Å². The third-order valence-corrected chi connectivity index (χ3v) is 7.43. The van der Waals surface area contributed by atoms with Crippen LogP contribution in [0.1, 0.15) is 25.1 Å². The molecule has 2 heterocycles. The van der Waals surface area contributed by atoms with Crippen molar-refractivity contribution in [2.75, 3.05) is 25.2 Å². The van der Waals surface area contributed by atoms with Crippen molar-refractivity contribution < 1.29 is 13.2 Å². The fourth-order valence-corrected chi connectivity index (χ4v) is 5.41. The number of nitrogen functional groups attached to an aromatic ring is 1. The van der Waals surface area contributed by atoms with Crippen molar-refractivity contribution in [2.24, 2.45) is 0 Å². The van der Waals surface area contributed by atoms with E-state index in [1.54, 1.807) is 31.4 Å². The summed E-state index contributed by atoms with van der Waals surface area (Å²) < 4.78 is 32.5. The number of ether oxygens (including phenoxy) is 1. The lowest BCUT2D eigenvalue weighted by Crippen LogP contribution is -2.09. The van der Waals surface area contributed by atoms with Gasteiger partial charge in [0.25, 0.3) is 0 Å². The van der Waals surface area contributed by atoms with Crippen LogP contribution >= 0.6 is 0 Å². The SMILES string of the molecule is COCCc1nc2c(N)nc3ccccc3c2n1CCCCCS(=O)(=O)c1ccccc1. The molecule has 0 bridgehead atoms. The molecule has 0 saturated carbocycles. The summed E-state index contributed by atoms with van der Waals surface area (Å²) in [5, 5.41) is 1.01. The van der Waals surface area contributed by atoms with Gasteiger partial charge in [0.15, 0.2) is 15.7 Å². The van der Waals surface area contributed by atoms with Crippen LogP contribution in [0.2, 0.25) is 0 Å². The van der Waals surface area contributed by atoms with Gasteiger partial charge >= 0.3 is 0 Å². The second kappa shape index (κ2) is 9.67. The number of benzene rings is 2. The number of anilines is 1. The van der Waals surface area contributed by atoms with Gasteiger partial charge in [-0.2, -0.15) is 0 Å². The molecule has 4 aromatic rings. The van der Waals surface area contributed by atoms with E-state index in [1.807, 2.05) is 30.3 Å². The van der Waals surface area contributed by atoms with Crippen LogP contribution in [0.3, 0.4) is 0 Å². The Morgan fingerprint density at radius 1 is 0.969 bits per heavy atom. The lowest BCUT2D eigenvalue weighted by atomic mass is 10.2. The van der Waals surface area contributed by atoms with Gasteiger partial charge < -0.3 is 15.0 Å². The molecule has 0 fully saturated rings. The maximum Gasteiger partial charge on any atom is 0.178 e. The first-order chi connectivity index (χ1) is 15.5. The summed E-state index contributed by atoms with van der Waals surface area (Å²) in [5.41, 5.74) is 8.76. The summed E-state index contributed by atoms with van der Waals surface area (Å²) in [7, 11) is -1.57. The second-order valence-corrected chi connectivity index (χ2v) is 9.94. The first-order valence-electron chi connectivity index (χ1n) is 10.8. The largest absolute Gasteiger partial charge is 0.384 e. The number of fused-ring (bicyclic) bond motifs is 3. The smallest absolute Gasteiger partial charge is 0.178 e. The zero-order valence-corrected chi connectivity index (χ0v) is 19.0. The highest BCUT2D eigenvalue weighted by Crippen LogP contribution is 2.29. The molecular formula is C24H28N4O3S. The summed E-state index contributed by atoms with van der Waals surface area (Å²) in [6.07, 6.45) is 2.92. The van der Waals surface area contributed by atoms with Crippen molar-refractivity contribution in [3.8, 4) is 0 Å². The van der Waals surface area contributed by atoms with Gasteiger partial charge in [0.1, 0.15) is 11.3 Å². The zero-order valence-electron chi connectivity index (χ0n) is 18.2. The van der Waals surface area contributed by atoms with E-state index in [9.17, 15) is 8.42 Å². The Bertz CT molecular complexity index is 1320. The first-order valence-corrected chi connectivity index (χ1v) is 12.5. The number of aryl methyl sites for hydroxylation is 1. The van der Waals surface area contributed by atoms with Crippen molar-refractivity contribution in [3.63, 3.8) is 0 Å². The number of imidazole rings is 1. The molecule has 0 saturated heterocycles. The van der Waals surface area contributed by atoms with Crippen molar-refractivity contribution in [1.82, 2.24) is 14.5 Å².